The lowest BCUT2D eigenvalue weighted by Gasteiger charge is -2.21. The monoisotopic (exact) mass is 305 g/mol. The van der Waals surface area contributed by atoms with Gasteiger partial charge in [0, 0.05) is 11.1 Å². The average molecular weight is 305 g/mol. The Morgan fingerprint density at radius 3 is 2.36 bits per heavy atom. The summed E-state index contributed by atoms with van der Waals surface area (Å²) in [6, 6.07) is 6.38. The zero-order valence-corrected chi connectivity index (χ0v) is 12.6. The molecule has 0 aliphatic rings. The van der Waals surface area contributed by atoms with Crippen LogP contribution in [0.1, 0.15) is 31.1 Å². The van der Waals surface area contributed by atoms with Crippen molar-refractivity contribution < 1.29 is 13.6 Å². The maximum atomic E-state index is 13.1. The summed E-state index contributed by atoms with van der Waals surface area (Å²) in [5.41, 5.74) is 0.744. The van der Waals surface area contributed by atoms with Crippen molar-refractivity contribution in [3.8, 4) is 0 Å². The number of amides is 1. The van der Waals surface area contributed by atoms with Crippen LogP contribution in [-0.4, -0.2) is 16.4 Å². The molecular formula is C16H17F2N3O. The van der Waals surface area contributed by atoms with Gasteiger partial charge in [-0.25, -0.2) is 13.8 Å². The predicted octanol–water partition coefficient (Wildman–Crippen LogP) is 3.82. The number of aromatic nitrogens is 1. The minimum atomic E-state index is -1.06. The van der Waals surface area contributed by atoms with E-state index in [1.54, 1.807) is 18.3 Å². The third kappa shape index (κ3) is 4.25. The molecule has 2 rings (SSSR count). The fourth-order valence-corrected chi connectivity index (χ4v) is 1.80. The lowest BCUT2D eigenvalue weighted by Crippen LogP contribution is -2.26. The second kappa shape index (κ2) is 6.09. The van der Waals surface area contributed by atoms with Crippen LogP contribution in [0.2, 0.25) is 0 Å². The van der Waals surface area contributed by atoms with E-state index in [4.69, 9.17) is 0 Å². The number of hydrogen-bond acceptors (Lipinski definition) is 3. The minimum absolute atomic E-state index is 0.0255. The molecule has 1 aromatic carbocycles. The first-order valence-corrected chi connectivity index (χ1v) is 6.75. The van der Waals surface area contributed by atoms with Crippen LogP contribution >= 0.6 is 0 Å². The van der Waals surface area contributed by atoms with E-state index in [0.29, 0.717) is 5.82 Å². The molecule has 0 aliphatic heterocycles. The Labute approximate surface area is 127 Å². The number of anilines is 2. The van der Waals surface area contributed by atoms with E-state index in [1.165, 1.54) is 6.07 Å². The Kier molecular flexibility index (Phi) is 4.40. The molecule has 6 heteroatoms. The van der Waals surface area contributed by atoms with Crippen LogP contribution in [0.15, 0.2) is 36.5 Å². The molecule has 0 bridgehead atoms. The van der Waals surface area contributed by atoms with E-state index in [2.05, 4.69) is 15.6 Å². The van der Waals surface area contributed by atoms with Gasteiger partial charge in [-0.05, 0) is 51.1 Å². The molecule has 116 valence electrons. The molecule has 0 unspecified atom stereocenters. The molecular weight excluding hydrogens is 288 g/mol. The molecule has 0 saturated carbocycles. The molecule has 1 aromatic heterocycles. The zero-order valence-electron chi connectivity index (χ0n) is 12.6. The van der Waals surface area contributed by atoms with Gasteiger partial charge in [0.25, 0.3) is 5.91 Å². The quantitative estimate of drug-likeness (QED) is 0.906. The first-order valence-electron chi connectivity index (χ1n) is 6.75. The summed E-state index contributed by atoms with van der Waals surface area (Å²) < 4.78 is 26.0. The van der Waals surface area contributed by atoms with E-state index in [1.807, 2.05) is 20.8 Å². The second-order valence-corrected chi connectivity index (χ2v) is 5.89. The van der Waals surface area contributed by atoms with E-state index in [0.717, 1.165) is 17.8 Å². The fraction of sp³-hybridized carbons (Fsp3) is 0.250. The Morgan fingerprint density at radius 1 is 1.09 bits per heavy atom. The van der Waals surface area contributed by atoms with E-state index < -0.39 is 17.5 Å². The van der Waals surface area contributed by atoms with Gasteiger partial charge in [0.05, 0.1) is 11.9 Å². The highest BCUT2D eigenvalue weighted by atomic mass is 19.2. The standard InChI is InChI=1S/C16H17F2N3O/c1-16(2,3)21-11-5-7-14(19-9-11)20-15(22)10-4-6-12(17)13(18)8-10/h4-9,21H,1-3H3,(H,19,20,22). The van der Waals surface area contributed by atoms with Gasteiger partial charge >= 0.3 is 0 Å². The summed E-state index contributed by atoms with van der Waals surface area (Å²) >= 11 is 0. The summed E-state index contributed by atoms with van der Waals surface area (Å²) in [7, 11) is 0. The molecule has 2 aromatic rings. The number of hydrogen-bond donors (Lipinski definition) is 2. The number of carbonyl (C=O) groups is 1. The highest BCUT2D eigenvalue weighted by Gasteiger charge is 2.12. The largest absolute Gasteiger partial charge is 0.379 e. The van der Waals surface area contributed by atoms with Crippen molar-refractivity contribution in [1.29, 1.82) is 0 Å². The molecule has 4 nitrogen and oxygen atoms in total. The summed E-state index contributed by atoms with van der Waals surface area (Å²) in [6.45, 7) is 6.06. The molecule has 0 spiro atoms. The molecule has 0 fully saturated rings. The van der Waals surface area contributed by atoms with E-state index in [9.17, 15) is 13.6 Å². The van der Waals surface area contributed by atoms with Crippen molar-refractivity contribution in [2.24, 2.45) is 0 Å². The summed E-state index contributed by atoms with van der Waals surface area (Å²) in [5.74, 6) is -2.28. The molecule has 22 heavy (non-hydrogen) atoms. The highest BCUT2D eigenvalue weighted by molar-refractivity contribution is 6.03. The second-order valence-electron chi connectivity index (χ2n) is 5.89. The third-order valence-electron chi connectivity index (χ3n) is 2.71. The number of rotatable bonds is 3. The van der Waals surface area contributed by atoms with Crippen molar-refractivity contribution in [2.45, 2.75) is 26.3 Å². The van der Waals surface area contributed by atoms with Crippen LogP contribution in [0.4, 0.5) is 20.3 Å². The first kappa shape index (κ1) is 15.9. The van der Waals surface area contributed by atoms with Gasteiger partial charge in [-0.3, -0.25) is 4.79 Å². The maximum Gasteiger partial charge on any atom is 0.256 e. The number of halogens is 2. The molecule has 0 atom stereocenters. The molecule has 0 saturated heterocycles. The molecule has 1 heterocycles. The number of nitrogens with zero attached hydrogens (tertiary/aromatic N) is 1. The molecule has 2 N–H and O–H groups in total. The van der Waals surface area contributed by atoms with Crippen molar-refractivity contribution >= 4 is 17.4 Å². The van der Waals surface area contributed by atoms with Gasteiger partial charge in [0.1, 0.15) is 5.82 Å². The Balaban J connectivity index is 2.07. The Morgan fingerprint density at radius 2 is 1.82 bits per heavy atom. The van der Waals surface area contributed by atoms with Crippen LogP contribution in [0.25, 0.3) is 0 Å². The van der Waals surface area contributed by atoms with Gasteiger partial charge in [-0.15, -0.1) is 0 Å². The maximum absolute atomic E-state index is 13.1. The predicted molar refractivity (Wildman–Crippen MR) is 81.9 cm³/mol. The number of pyridine rings is 1. The molecule has 0 radical (unpaired) electrons. The van der Waals surface area contributed by atoms with Gasteiger partial charge in [-0.1, -0.05) is 0 Å². The number of benzene rings is 1. The van der Waals surface area contributed by atoms with Gasteiger partial charge in [0.2, 0.25) is 0 Å². The number of carbonyl (C=O) groups excluding carboxylic acids is 1. The minimum Gasteiger partial charge on any atom is -0.379 e. The smallest absolute Gasteiger partial charge is 0.256 e. The van der Waals surface area contributed by atoms with Crippen molar-refractivity contribution in [1.82, 2.24) is 4.98 Å². The lowest BCUT2D eigenvalue weighted by atomic mass is 10.1. The first-order chi connectivity index (χ1) is 10.2. The van der Waals surface area contributed by atoms with Crippen LogP contribution in [0, 0.1) is 11.6 Å². The molecule has 0 aliphatic carbocycles. The van der Waals surface area contributed by atoms with Crippen LogP contribution in [-0.2, 0) is 0 Å². The van der Waals surface area contributed by atoms with E-state index >= 15 is 0 Å². The van der Waals surface area contributed by atoms with Gasteiger partial charge in [0.15, 0.2) is 11.6 Å². The highest BCUT2D eigenvalue weighted by Crippen LogP contribution is 2.16. The zero-order chi connectivity index (χ0) is 16.3. The fourth-order valence-electron chi connectivity index (χ4n) is 1.80. The van der Waals surface area contributed by atoms with E-state index in [-0.39, 0.29) is 11.1 Å². The van der Waals surface area contributed by atoms with Crippen molar-refractivity contribution in [3.05, 3.63) is 53.7 Å². The topological polar surface area (TPSA) is 54.0 Å². The average Bonchev–Trinajstić information content (AvgIpc) is 2.42. The van der Waals surface area contributed by atoms with Gasteiger partial charge in [-0.2, -0.15) is 0 Å². The van der Waals surface area contributed by atoms with Gasteiger partial charge < -0.3 is 10.6 Å². The Hall–Kier alpha value is -2.50. The van der Waals surface area contributed by atoms with Crippen LogP contribution in [0.5, 0.6) is 0 Å². The lowest BCUT2D eigenvalue weighted by molar-refractivity contribution is 0.102. The molecule has 1 amide bonds. The van der Waals surface area contributed by atoms with Crippen LogP contribution in [0.3, 0.4) is 0 Å². The van der Waals surface area contributed by atoms with Crippen molar-refractivity contribution in [3.63, 3.8) is 0 Å². The SMILES string of the molecule is CC(C)(C)Nc1ccc(NC(=O)c2ccc(F)c(F)c2)nc1. The Bertz CT molecular complexity index is 679. The summed E-state index contributed by atoms with van der Waals surface area (Å²) in [4.78, 5) is 16.0. The summed E-state index contributed by atoms with van der Waals surface area (Å²) in [5, 5.41) is 5.77. The normalized spacial score (nSPS) is 11.1. The third-order valence-corrected chi connectivity index (χ3v) is 2.71. The summed E-state index contributed by atoms with van der Waals surface area (Å²) in [6.07, 6.45) is 1.59. The van der Waals surface area contributed by atoms with Crippen molar-refractivity contribution in [2.75, 3.05) is 10.6 Å². The van der Waals surface area contributed by atoms with Crippen LogP contribution < -0.4 is 10.6 Å². The number of nitrogens with one attached hydrogen (secondary N) is 2.